The molecule has 0 aliphatic carbocycles. The Bertz CT molecular complexity index is 613. The lowest BCUT2D eigenvalue weighted by molar-refractivity contribution is -0.136. The topological polar surface area (TPSA) is 83.0 Å². The highest BCUT2D eigenvalue weighted by molar-refractivity contribution is 5.97. The molecule has 0 atom stereocenters. The molecule has 1 N–H and O–H groups in total. The monoisotopic (exact) mass is 363 g/mol. The van der Waals surface area contributed by atoms with Gasteiger partial charge < -0.3 is 9.84 Å². The van der Waals surface area contributed by atoms with Crippen molar-refractivity contribution in [2.75, 3.05) is 31.3 Å². The smallest absolute Gasteiger partial charge is 0.323 e. The van der Waals surface area contributed by atoms with Gasteiger partial charge in [-0.1, -0.05) is 0 Å². The zero-order valence-electron chi connectivity index (χ0n) is 15.9. The molecule has 0 aromatic carbocycles. The van der Waals surface area contributed by atoms with Crippen molar-refractivity contribution in [3.05, 3.63) is 24.0 Å². The summed E-state index contributed by atoms with van der Waals surface area (Å²) in [5.41, 5.74) is 1.23. The molecule has 0 spiro atoms. The van der Waals surface area contributed by atoms with E-state index in [1.807, 2.05) is 13.8 Å². The van der Waals surface area contributed by atoms with Crippen LogP contribution in [-0.2, 0) is 14.3 Å². The van der Waals surface area contributed by atoms with E-state index in [2.05, 4.69) is 9.88 Å². The Morgan fingerprint density at radius 1 is 1.38 bits per heavy atom. The second kappa shape index (κ2) is 9.64. The van der Waals surface area contributed by atoms with Gasteiger partial charge in [0.25, 0.3) is 0 Å². The van der Waals surface area contributed by atoms with E-state index in [0.717, 1.165) is 25.9 Å². The van der Waals surface area contributed by atoms with Crippen molar-refractivity contribution in [2.45, 2.75) is 46.1 Å². The average molecular weight is 363 g/mol. The first-order valence-corrected chi connectivity index (χ1v) is 9.14. The summed E-state index contributed by atoms with van der Waals surface area (Å²) in [7, 11) is 0. The summed E-state index contributed by atoms with van der Waals surface area (Å²) in [6.45, 7) is 7.90. The maximum absolute atomic E-state index is 12.8. The third-order valence-corrected chi connectivity index (χ3v) is 4.63. The molecular formula is C19H29N3O4. The third-order valence-electron chi connectivity index (χ3n) is 4.63. The van der Waals surface area contributed by atoms with Crippen LogP contribution in [0.4, 0.5) is 5.69 Å². The molecule has 2 heterocycles. The number of aliphatic carboxylic acids is 1. The van der Waals surface area contributed by atoms with Crippen LogP contribution in [0.1, 0.15) is 38.8 Å². The number of anilines is 1. The lowest BCUT2D eigenvalue weighted by atomic mass is 9.93. The van der Waals surface area contributed by atoms with Crippen molar-refractivity contribution in [3.8, 4) is 0 Å². The minimum absolute atomic E-state index is 0.152. The first-order chi connectivity index (χ1) is 12.4. The normalized spacial score (nSPS) is 16.0. The Morgan fingerprint density at radius 2 is 2.08 bits per heavy atom. The molecule has 0 unspecified atom stereocenters. The van der Waals surface area contributed by atoms with Crippen molar-refractivity contribution in [1.82, 2.24) is 9.88 Å². The van der Waals surface area contributed by atoms with Gasteiger partial charge in [-0.25, -0.2) is 0 Å². The van der Waals surface area contributed by atoms with E-state index >= 15 is 0 Å². The molecule has 1 fully saturated rings. The molecule has 0 bridgehead atoms. The summed E-state index contributed by atoms with van der Waals surface area (Å²) in [5, 5.41) is 9.19. The van der Waals surface area contributed by atoms with Crippen molar-refractivity contribution in [2.24, 2.45) is 5.92 Å². The molecule has 1 aromatic rings. The quantitative estimate of drug-likeness (QED) is 0.763. The molecule has 0 radical (unpaired) electrons. The highest BCUT2D eigenvalue weighted by Crippen LogP contribution is 2.24. The Labute approximate surface area is 155 Å². The minimum Gasteiger partial charge on any atom is -0.480 e. The van der Waals surface area contributed by atoms with E-state index in [1.165, 1.54) is 4.90 Å². The lowest BCUT2D eigenvalue weighted by Crippen LogP contribution is -2.40. The van der Waals surface area contributed by atoms with E-state index in [9.17, 15) is 14.7 Å². The van der Waals surface area contributed by atoms with Gasteiger partial charge in [0.1, 0.15) is 6.54 Å². The van der Waals surface area contributed by atoms with Gasteiger partial charge in [-0.15, -0.1) is 0 Å². The van der Waals surface area contributed by atoms with Crippen LogP contribution >= 0.6 is 0 Å². The van der Waals surface area contributed by atoms with Gasteiger partial charge in [0.15, 0.2) is 0 Å². The SMILES string of the molecule is Cc1ncccc1N(CC(=O)O)C(=O)CC1CCN(COC(C)C)CC1. The fourth-order valence-electron chi connectivity index (χ4n) is 3.14. The number of carbonyl (C=O) groups is 2. The van der Waals surface area contributed by atoms with Gasteiger partial charge in [-0.05, 0) is 51.7 Å². The molecule has 1 aromatic heterocycles. The minimum atomic E-state index is -1.03. The standard InChI is InChI=1S/C19H29N3O4/c1-14(2)26-13-21-9-6-16(7-10-21)11-18(23)22(12-19(24)25)17-5-4-8-20-15(17)3/h4-5,8,14,16H,6-7,9-13H2,1-3H3,(H,24,25). The number of amides is 1. The molecule has 1 amide bonds. The third kappa shape index (κ3) is 6.07. The molecular weight excluding hydrogens is 334 g/mol. The Morgan fingerprint density at radius 3 is 2.65 bits per heavy atom. The molecule has 2 rings (SSSR count). The summed E-state index contributed by atoms with van der Waals surface area (Å²) in [4.78, 5) is 31.8. The Kier molecular flexibility index (Phi) is 7.53. The number of carboxylic acids is 1. The number of carboxylic acid groups (broad SMARTS) is 1. The van der Waals surface area contributed by atoms with Gasteiger partial charge in [0.05, 0.1) is 24.2 Å². The zero-order valence-corrected chi connectivity index (χ0v) is 15.9. The van der Waals surface area contributed by atoms with Crippen LogP contribution in [0.5, 0.6) is 0 Å². The van der Waals surface area contributed by atoms with Crippen LogP contribution in [0.3, 0.4) is 0 Å². The maximum Gasteiger partial charge on any atom is 0.323 e. The predicted molar refractivity (Wildman–Crippen MR) is 99.0 cm³/mol. The van der Waals surface area contributed by atoms with Gasteiger partial charge in [0, 0.05) is 25.7 Å². The van der Waals surface area contributed by atoms with Crippen LogP contribution in [0.15, 0.2) is 18.3 Å². The molecule has 0 saturated carbocycles. The number of aryl methyl sites for hydroxylation is 1. The lowest BCUT2D eigenvalue weighted by Gasteiger charge is -2.33. The largest absolute Gasteiger partial charge is 0.480 e. The van der Waals surface area contributed by atoms with Gasteiger partial charge in [-0.3, -0.25) is 24.4 Å². The van der Waals surface area contributed by atoms with Crippen LogP contribution in [0, 0.1) is 12.8 Å². The van der Waals surface area contributed by atoms with Crippen LogP contribution in [0.25, 0.3) is 0 Å². The summed E-state index contributed by atoms with van der Waals surface area (Å²) >= 11 is 0. The fourth-order valence-corrected chi connectivity index (χ4v) is 3.14. The van der Waals surface area contributed by atoms with Crippen LogP contribution in [0.2, 0.25) is 0 Å². The predicted octanol–water partition coefficient (Wildman–Crippen LogP) is 2.29. The van der Waals surface area contributed by atoms with E-state index in [4.69, 9.17) is 4.74 Å². The summed E-state index contributed by atoms with van der Waals surface area (Å²) < 4.78 is 5.63. The highest BCUT2D eigenvalue weighted by Gasteiger charge is 2.26. The number of aromatic nitrogens is 1. The second-order valence-electron chi connectivity index (χ2n) is 7.09. The van der Waals surface area contributed by atoms with E-state index in [-0.39, 0.29) is 24.5 Å². The molecule has 144 valence electrons. The number of pyridine rings is 1. The van der Waals surface area contributed by atoms with Crippen LogP contribution < -0.4 is 4.90 Å². The van der Waals surface area contributed by atoms with Crippen molar-refractivity contribution >= 4 is 17.6 Å². The number of piperidine rings is 1. The maximum atomic E-state index is 12.8. The summed E-state index contributed by atoms with van der Waals surface area (Å²) in [6.07, 6.45) is 4.04. The number of likely N-dealkylation sites (tertiary alicyclic amines) is 1. The number of ether oxygens (including phenoxy) is 1. The number of hydrogen-bond donors (Lipinski definition) is 1. The molecule has 1 saturated heterocycles. The van der Waals surface area contributed by atoms with Crippen molar-refractivity contribution in [1.29, 1.82) is 0 Å². The summed E-state index contributed by atoms with van der Waals surface area (Å²) in [5.74, 6) is -0.909. The van der Waals surface area contributed by atoms with Gasteiger partial charge >= 0.3 is 5.97 Å². The van der Waals surface area contributed by atoms with E-state index in [0.29, 0.717) is 24.5 Å². The zero-order chi connectivity index (χ0) is 19.1. The van der Waals surface area contributed by atoms with Crippen molar-refractivity contribution < 1.29 is 19.4 Å². The number of nitrogens with zero attached hydrogens (tertiary/aromatic N) is 3. The molecule has 7 heteroatoms. The Hall–Kier alpha value is -1.99. The molecule has 1 aliphatic rings. The first-order valence-electron chi connectivity index (χ1n) is 9.14. The number of hydrogen-bond acceptors (Lipinski definition) is 5. The second-order valence-corrected chi connectivity index (χ2v) is 7.09. The van der Waals surface area contributed by atoms with Crippen LogP contribution in [-0.4, -0.2) is 59.3 Å². The average Bonchev–Trinajstić information content (AvgIpc) is 2.59. The Balaban J connectivity index is 1.94. The number of carbonyl (C=O) groups excluding carboxylic acids is 1. The molecule has 1 aliphatic heterocycles. The van der Waals surface area contributed by atoms with Gasteiger partial charge in [0.2, 0.25) is 5.91 Å². The number of rotatable bonds is 8. The fraction of sp³-hybridized carbons (Fsp3) is 0.632. The summed E-state index contributed by atoms with van der Waals surface area (Å²) in [6, 6.07) is 3.46. The van der Waals surface area contributed by atoms with Crippen molar-refractivity contribution in [3.63, 3.8) is 0 Å². The van der Waals surface area contributed by atoms with E-state index < -0.39 is 5.97 Å². The molecule has 7 nitrogen and oxygen atoms in total. The highest BCUT2D eigenvalue weighted by atomic mass is 16.5. The van der Waals surface area contributed by atoms with Gasteiger partial charge in [-0.2, -0.15) is 0 Å². The first kappa shape index (κ1) is 20.3. The molecule has 26 heavy (non-hydrogen) atoms. The van der Waals surface area contributed by atoms with E-state index in [1.54, 1.807) is 25.3 Å².